The van der Waals surface area contributed by atoms with Gasteiger partial charge in [-0.1, -0.05) is 0 Å². The van der Waals surface area contributed by atoms with E-state index in [9.17, 15) is 13.2 Å². The molecule has 1 aliphatic heterocycles. The lowest BCUT2D eigenvalue weighted by Gasteiger charge is -2.34. The van der Waals surface area contributed by atoms with E-state index in [1.807, 2.05) is 6.92 Å². The molecule has 112 valence electrons. The number of thiophene rings is 1. The maximum absolute atomic E-state index is 12.0. The van der Waals surface area contributed by atoms with Crippen LogP contribution < -0.4 is 5.32 Å². The van der Waals surface area contributed by atoms with Crippen LogP contribution in [0.4, 0.5) is 0 Å². The van der Waals surface area contributed by atoms with Crippen LogP contribution in [-0.4, -0.2) is 33.1 Å². The van der Waals surface area contributed by atoms with Crippen LogP contribution in [0.1, 0.15) is 24.6 Å². The van der Waals surface area contributed by atoms with E-state index >= 15 is 0 Å². The fourth-order valence-corrected chi connectivity index (χ4v) is 4.28. The number of carbonyl (C=O) groups excluding carboxylic acids is 1. The van der Waals surface area contributed by atoms with E-state index in [4.69, 9.17) is 15.4 Å². The monoisotopic (exact) mass is 337 g/mol. The molecular formula is C12H16ClNO4S2. The van der Waals surface area contributed by atoms with E-state index in [-0.39, 0.29) is 22.1 Å². The van der Waals surface area contributed by atoms with Crippen LogP contribution in [0, 0.1) is 0 Å². The highest BCUT2D eigenvalue weighted by molar-refractivity contribution is 8.15. The van der Waals surface area contributed by atoms with Crippen LogP contribution in [0.5, 0.6) is 0 Å². The van der Waals surface area contributed by atoms with Crippen molar-refractivity contribution in [1.29, 1.82) is 0 Å². The summed E-state index contributed by atoms with van der Waals surface area (Å²) >= 11 is 1.02. The first-order chi connectivity index (χ1) is 9.28. The zero-order chi connectivity index (χ0) is 14.8. The lowest BCUT2D eigenvalue weighted by atomic mass is 9.95. The lowest BCUT2D eigenvalue weighted by molar-refractivity contribution is -0.123. The highest BCUT2D eigenvalue weighted by atomic mass is 35.7. The fourth-order valence-electron chi connectivity index (χ4n) is 2.16. The Morgan fingerprint density at radius 2 is 2.30 bits per heavy atom. The van der Waals surface area contributed by atoms with Crippen LogP contribution >= 0.6 is 22.0 Å². The van der Waals surface area contributed by atoms with Crippen molar-refractivity contribution < 1.29 is 17.9 Å². The number of rotatable bonds is 4. The van der Waals surface area contributed by atoms with Gasteiger partial charge in [0.2, 0.25) is 5.91 Å². The topological polar surface area (TPSA) is 72.5 Å². The first kappa shape index (κ1) is 15.8. The molecule has 0 saturated carbocycles. The van der Waals surface area contributed by atoms with Gasteiger partial charge in [-0.05, 0) is 31.9 Å². The van der Waals surface area contributed by atoms with Crippen LogP contribution in [0.25, 0.3) is 0 Å². The molecule has 1 atom stereocenters. The van der Waals surface area contributed by atoms with Gasteiger partial charge in [0.15, 0.2) is 0 Å². The van der Waals surface area contributed by atoms with Gasteiger partial charge in [0.1, 0.15) is 4.21 Å². The predicted molar refractivity (Wildman–Crippen MR) is 77.7 cm³/mol. The number of hydrogen-bond acceptors (Lipinski definition) is 5. The minimum Gasteiger partial charge on any atom is -0.379 e. The second-order valence-corrected chi connectivity index (χ2v) is 9.06. The molecule has 20 heavy (non-hydrogen) atoms. The Balaban J connectivity index is 1.96. The molecule has 0 aromatic carbocycles. The smallest absolute Gasteiger partial charge is 0.270 e. The summed E-state index contributed by atoms with van der Waals surface area (Å²) in [5.41, 5.74) is -0.339. The molecule has 0 bridgehead atoms. The first-order valence-electron chi connectivity index (χ1n) is 6.21. The molecule has 1 N–H and O–H groups in total. The molecule has 1 aromatic heterocycles. The number of hydrogen-bond donors (Lipinski definition) is 1. The third-order valence-electron chi connectivity index (χ3n) is 3.09. The normalized spacial score (nSPS) is 23.5. The Kier molecular flexibility index (Phi) is 4.73. The molecular weight excluding hydrogens is 322 g/mol. The number of nitrogens with one attached hydrogen (secondary N) is 1. The summed E-state index contributed by atoms with van der Waals surface area (Å²) in [6.07, 6.45) is 1.95. The number of carbonyl (C=O) groups is 1. The third-order valence-corrected chi connectivity index (χ3v) is 6.27. The fraction of sp³-hybridized carbons (Fsp3) is 0.583. The molecule has 1 amide bonds. The Bertz CT molecular complexity index is 590. The SMILES string of the molecule is CC1(NC(=O)Cc2ccc(S(=O)(=O)Cl)s2)CCCOC1. The summed E-state index contributed by atoms with van der Waals surface area (Å²) < 4.78 is 27.8. The molecule has 2 heterocycles. The summed E-state index contributed by atoms with van der Waals surface area (Å²) in [7, 11) is 1.53. The van der Waals surface area contributed by atoms with Gasteiger partial charge in [0, 0.05) is 22.2 Å². The second-order valence-electron chi connectivity index (χ2n) is 5.10. The van der Waals surface area contributed by atoms with Crippen LogP contribution in [-0.2, 0) is 25.0 Å². The van der Waals surface area contributed by atoms with Gasteiger partial charge < -0.3 is 10.1 Å². The molecule has 1 aliphatic rings. The van der Waals surface area contributed by atoms with Crippen molar-refractivity contribution >= 4 is 37.0 Å². The molecule has 1 unspecified atom stereocenters. The Morgan fingerprint density at radius 3 is 2.85 bits per heavy atom. The largest absolute Gasteiger partial charge is 0.379 e. The maximum atomic E-state index is 12.0. The van der Waals surface area contributed by atoms with Gasteiger partial charge in [0.05, 0.1) is 18.6 Å². The van der Waals surface area contributed by atoms with E-state index < -0.39 is 9.05 Å². The van der Waals surface area contributed by atoms with Crippen molar-refractivity contribution in [3.8, 4) is 0 Å². The average molecular weight is 338 g/mol. The summed E-state index contributed by atoms with van der Waals surface area (Å²) in [6, 6.07) is 3.03. The van der Waals surface area contributed by atoms with Gasteiger partial charge in [0.25, 0.3) is 9.05 Å². The van der Waals surface area contributed by atoms with Crippen LogP contribution in [0.15, 0.2) is 16.3 Å². The summed E-state index contributed by atoms with van der Waals surface area (Å²) in [5.74, 6) is -0.140. The molecule has 1 fully saturated rings. The molecule has 0 aliphatic carbocycles. The van der Waals surface area contributed by atoms with Gasteiger partial charge >= 0.3 is 0 Å². The van der Waals surface area contributed by atoms with Crippen molar-refractivity contribution in [2.45, 2.75) is 35.9 Å². The van der Waals surface area contributed by atoms with Gasteiger partial charge in [-0.2, -0.15) is 0 Å². The Hall–Kier alpha value is -0.630. The van der Waals surface area contributed by atoms with Crippen molar-refractivity contribution in [3.63, 3.8) is 0 Å². The number of ether oxygens (including phenoxy) is 1. The quantitative estimate of drug-likeness (QED) is 0.852. The minimum atomic E-state index is -3.72. The van der Waals surface area contributed by atoms with Crippen molar-refractivity contribution in [3.05, 3.63) is 17.0 Å². The molecule has 0 radical (unpaired) electrons. The van der Waals surface area contributed by atoms with Crippen molar-refractivity contribution in [2.75, 3.05) is 13.2 Å². The number of amides is 1. The average Bonchev–Trinajstić information content (AvgIpc) is 2.77. The molecule has 5 nitrogen and oxygen atoms in total. The van der Waals surface area contributed by atoms with E-state index in [1.54, 1.807) is 6.07 Å². The Labute approximate surface area is 126 Å². The van der Waals surface area contributed by atoms with Gasteiger partial charge in [-0.25, -0.2) is 8.42 Å². The summed E-state index contributed by atoms with van der Waals surface area (Å²) in [4.78, 5) is 12.7. The molecule has 8 heteroatoms. The number of halogens is 1. The van der Waals surface area contributed by atoms with Crippen molar-refractivity contribution in [2.24, 2.45) is 0 Å². The zero-order valence-corrected chi connectivity index (χ0v) is 13.4. The highest BCUT2D eigenvalue weighted by Crippen LogP contribution is 2.25. The van der Waals surface area contributed by atoms with Crippen LogP contribution in [0.3, 0.4) is 0 Å². The van der Waals surface area contributed by atoms with E-state index in [1.165, 1.54) is 6.07 Å². The van der Waals surface area contributed by atoms with E-state index in [0.29, 0.717) is 11.5 Å². The Morgan fingerprint density at radius 1 is 1.55 bits per heavy atom. The molecule has 1 aromatic rings. The van der Waals surface area contributed by atoms with Gasteiger partial charge in [-0.15, -0.1) is 11.3 Å². The summed E-state index contributed by atoms with van der Waals surface area (Å²) in [5, 5.41) is 2.95. The molecule has 0 spiro atoms. The lowest BCUT2D eigenvalue weighted by Crippen LogP contribution is -2.51. The minimum absolute atomic E-state index is 0.0641. The second kappa shape index (κ2) is 6.01. The highest BCUT2D eigenvalue weighted by Gasteiger charge is 2.29. The molecule has 2 rings (SSSR count). The molecule has 1 saturated heterocycles. The van der Waals surface area contributed by atoms with E-state index in [0.717, 1.165) is 30.8 Å². The zero-order valence-electron chi connectivity index (χ0n) is 11.0. The predicted octanol–water partition coefficient (Wildman–Crippen LogP) is 1.90. The van der Waals surface area contributed by atoms with Gasteiger partial charge in [-0.3, -0.25) is 4.79 Å². The van der Waals surface area contributed by atoms with Crippen LogP contribution in [0.2, 0.25) is 0 Å². The van der Waals surface area contributed by atoms with Crippen molar-refractivity contribution in [1.82, 2.24) is 5.32 Å². The summed E-state index contributed by atoms with van der Waals surface area (Å²) in [6.45, 7) is 3.19. The maximum Gasteiger partial charge on any atom is 0.270 e. The first-order valence-corrected chi connectivity index (χ1v) is 9.33. The standard InChI is InChI=1S/C12H16ClNO4S2/c1-12(5-2-6-18-8-12)14-10(15)7-9-3-4-11(19-9)20(13,16)17/h3-4H,2,5-8H2,1H3,(H,14,15). The third kappa shape index (κ3) is 4.18. The van der Waals surface area contributed by atoms with E-state index in [2.05, 4.69) is 5.32 Å².